The van der Waals surface area contributed by atoms with Crippen molar-refractivity contribution < 1.29 is 9.90 Å². The number of benzene rings is 1. The third kappa shape index (κ3) is 3.96. The van der Waals surface area contributed by atoms with Crippen LogP contribution in [0.15, 0.2) is 12.1 Å². The van der Waals surface area contributed by atoms with Crippen LogP contribution in [-0.4, -0.2) is 43.0 Å². The number of anilines is 1. The smallest absolute Gasteiger partial charge is 0.180 e. The molecule has 0 saturated carbocycles. The molecule has 0 aliphatic carbocycles. The van der Waals surface area contributed by atoms with E-state index in [4.69, 9.17) is 0 Å². The molecular weight excluding hydrogens is 240 g/mol. The van der Waals surface area contributed by atoms with E-state index in [9.17, 15) is 9.90 Å². The van der Waals surface area contributed by atoms with Gasteiger partial charge in [0.05, 0.1) is 12.1 Å². The molecule has 106 valence electrons. The summed E-state index contributed by atoms with van der Waals surface area (Å²) in [6.07, 6.45) is 1.69. The molecule has 1 aromatic carbocycles. The van der Waals surface area contributed by atoms with Gasteiger partial charge in [0.1, 0.15) is 5.75 Å². The lowest BCUT2D eigenvalue weighted by molar-refractivity contribution is 0.0955. The van der Waals surface area contributed by atoms with Gasteiger partial charge in [-0.25, -0.2) is 0 Å². The second-order valence-corrected chi connectivity index (χ2v) is 4.93. The molecule has 0 spiro atoms. The van der Waals surface area contributed by atoms with Gasteiger partial charge in [0.25, 0.3) is 0 Å². The minimum atomic E-state index is -0.0529. The number of carbonyl (C=O) groups is 1. The normalized spacial score (nSPS) is 10.8. The fourth-order valence-corrected chi connectivity index (χ4v) is 2.09. The van der Waals surface area contributed by atoms with Crippen LogP contribution in [0.5, 0.6) is 5.75 Å². The number of Topliss-reactive ketones (excluding diaryl/α,β-unsaturated/α-hetero) is 1. The number of phenols is 1. The lowest BCUT2D eigenvalue weighted by Gasteiger charge is -2.16. The van der Waals surface area contributed by atoms with E-state index in [1.54, 1.807) is 11.0 Å². The number of likely N-dealkylation sites (N-methyl/N-ethyl adjacent to an activating group) is 1. The predicted molar refractivity (Wildman–Crippen MR) is 79.2 cm³/mol. The number of hydrogen-bond acceptors (Lipinski definition) is 4. The maximum atomic E-state index is 12.1. The number of aromatic hydroxyl groups is 1. The quantitative estimate of drug-likeness (QED) is 0.743. The SMILES string of the molecule is CCCc1c(NCC)ccc(C(=O)CN(C)C)c1O. The van der Waals surface area contributed by atoms with E-state index in [-0.39, 0.29) is 11.5 Å². The summed E-state index contributed by atoms with van der Waals surface area (Å²) in [5.41, 5.74) is 2.18. The van der Waals surface area contributed by atoms with E-state index in [1.807, 2.05) is 27.1 Å². The number of hydrogen-bond donors (Lipinski definition) is 2. The van der Waals surface area contributed by atoms with Crippen LogP contribution in [0.4, 0.5) is 5.69 Å². The fraction of sp³-hybridized carbons (Fsp3) is 0.533. The van der Waals surface area contributed by atoms with Crippen LogP contribution in [0.25, 0.3) is 0 Å². The Morgan fingerprint density at radius 2 is 2.00 bits per heavy atom. The van der Waals surface area contributed by atoms with Crippen molar-refractivity contribution in [2.75, 3.05) is 32.5 Å². The zero-order valence-corrected chi connectivity index (χ0v) is 12.3. The lowest BCUT2D eigenvalue weighted by atomic mass is 9.99. The molecule has 0 unspecified atom stereocenters. The van der Waals surface area contributed by atoms with Crippen LogP contribution in [0, 0.1) is 0 Å². The molecule has 19 heavy (non-hydrogen) atoms. The largest absolute Gasteiger partial charge is 0.507 e. The molecule has 2 N–H and O–H groups in total. The Bertz CT molecular complexity index is 442. The molecule has 1 aromatic rings. The minimum absolute atomic E-state index is 0.0529. The maximum absolute atomic E-state index is 12.1. The van der Waals surface area contributed by atoms with Crippen molar-refractivity contribution in [1.29, 1.82) is 0 Å². The van der Waals surface area contributed by atoms with Gasteiger partial charge in [0.2, 0.25) is 0 Å². The number of ketones is 1. The Kier molecular flexibility index (Phi) is 5.83. The van der Waals surface area contributed by atoms with Crippen molar-refractivity contribution in [1.82, 2.24) is 4.90 Å². The zero-order valence-electron chi connectivity index (χ0n) is 12.3. The summed E-state index contributed by atoms with van der Waals surface area (Å²) in [5, 5.41) is 13.6. The van der Waals surface area contributed by atoms with E-state index in [0.717, 1.165) is 30.6 Å². The van der Waals surface area contributed by atoms with Crippen LogP contribution in [0.3, 0.4) is 0 Å². The number of phenolic OH excluding ortho intramolecular Hbond substituents is 1. The molecule has 0 aliphatic rings. The third-order valence-corrected chi connectivity index (χ3v) is 2.91. The Balaban J connectivity index is 3.14. The molecular formula is C15H24N2O2. The highest BCUT2D eigenvalue weighted by Crippen LogP contribution is 2.31. The van der Waals surface area contributed by atoms with Crippen molar-refractivity contribution in [3.05, 3.63) is 23.3 Å². The fourth-order valence-electron chi connectivity index (χ4n) is 2.09. The molecule has 0 heterocycles. The zero-order chi connectivity index (χ0) is 14.4. The highest BCUT2D eigenvalue weighted by Gasteiger charge is 2.17. The van der Waals surface area contributed by atoms with E-state index in [1.165, 1.54) is 0 Å². The molecule has 0 radical (unpaired) electrons. The van der Waals surface area contributed by atoms with Crippen LogP contribution in [0.1, 0.15) is 36.2 Å². The summed E-state index contributed by atoms with van der Waals surface area (Å²) < 4.78 is 0. The van der Waals surface area contributed by atoms with Crippen molar-refractivity contribution in [3.8, 4) is 5.75 Å². The summed E-state index contributed by atoms with van der Waals surface area (Å²) in [7, 11) is 3.68. The van der Waals surface area contributed by atoms with Gasteiger partial charge in [0, 0.05) is 17.8 Å². The molecule has 4 nitrogen and oxygen atoms in total. The van der Waals surface area contributed by atoms with Gasteiger partial charge in [-0.05, 0) is 39.6 Å². The standard InChI is InChI=1S/C15H24N2O2/c1-5-7-11-13(16-6-2)9-8-12(15(11)19)14(18)10-17(3)4/h8-9,16,19H,5-7,10H2,1-4H3. The molecule has 0 aliphatic heterocycles. The average Bonchev–Trinajstić information content (AvgIpc) is 2.33. The van der Waals surface area contributed by atoms with E-state index >= 15 is 0 Å². The molecule has 0 aromatic heterocycles. The van der Waals surface area contributed by atoms with Crippen molar-refractivity contribution in [3.63, 3.8) is 0 Å². The van der Waals surface area contributed by atoms with Crippen molar-refractivity contribution >= 4 is 11.5 Å². The van der Waals surface area contributed by atoms with Crippen LogP contribution < -0.4 is 5.32 Å². The average molecular weight is 264 g/mol. The summed E-state index contributed by atoms with van der Waals surface area (Å²) in [6.45, 7) is 5.17. The highest BCUT2D eigenvalue weighted by molar-refractivity contribution is 6.01. The summed E-state index contributed by atoms with van der Waals surface area (Å²) in [4.78, 5) is 13.9. The van der Waals surface area contributed by atoms with E-state index in [0.29, 0.717) is 12.1 Å². The van der Waals surface area contributed by atoms with Crippen molar-refractivity contribution in [2.24, 2.45) is 0 Å². The predicted octanol–water partition coefficient (Wildman–Crippen LogP) is 2.52. The van der Waals surface area contributed by atoms with Gasteiger partial charge < -0.3 is 15.3 Å². The number of carbonyl (C=O) groups excluding carboxylic acids is 1. The summed E-state index contributed by atoms with van der Waals surface area (Å²) in [6, 6.07) is 3.59. The second-order valence-electron chi connectivity index (χ2n) is 4.93. The van der Waals surface area contributed by atoms with Gasteiger partial charge in [0.15, 0.2) is 5.78 Å². The molecule has 1 rings (SSSR count). The molecule has 0 bridgehead atoms. The minimum Gasteiger partial charge on any atom is -0.507 e. The van der Waals surface area contributed by atoms with Gasteiger partial charge in [-0.15, -0.1) is 0 Å². The first-order valence-electron chi connectivity index (χ1n) is 6.77. The topological polar surface area (TPSA) is 52.6 Å². The molecule has 0 saturated heterocycles. The molecule has 4 heteroatoms. The first-order chi connectivity index (χ1) is 9.01. The van der Waals surface area contributed by atoms with Gasteiger partial charge in [-0.2, -0.15) is 0 Å². The van der Waals surface area contributed by atoms with Crippen LogP contribution in [-0.2, 0) is 6.42 Å². The molecule has 0 fully saturated rings. The summed E-state index contributed by atoms with van der Waals surface area (Å²) in [5.74, 6) is 0.0788. The highest BCUT2D eigenvalue weighted by atomic mass is 16.3. The maximum Gasteiger partial charge on any atom is 0.180 e. The van der Waals surface area contributed by atoms with Gasteiger partial charge in [-0.1, -0.05) is 13.3 Å². The second kappa shape index (κ2) is 7.14. The number of nitrogens with zero attached hydrogens (tertiary/aromatic N) is 1. The monoisotopic (exact) mass is 264 g/mol. The van der Waals surface area contributed by atoms with E-state index in [2.05, 4.69) is 12.2 Å². The Hall–Kier alpha value is -1.55. The Labute approximate surface area is 115 Å². The third-order valence-electron chi connectivity index (χ3n) is 2.91. The number of rotatable bonds is 7. The van der Waals surface area contributed by atoms with Gasteiger partial charge >= 0.3 is 0 Å². The van der Waals surface area contributed by atoms with Crippen molar-refractivity contribution in [2.45, 2.75) is 26.7 Å². The molecule has 0 amide bonds. The lowest BCUT2D eigenvalue weighted by Crippen LogP contribution is -2.22. The number of nitrogens with one attached hydrogen (secondary N) is 1. The van der Waals surface area contributed by atoms with Crippen LogP contribution >= 0.6 is 0 Å². The summed E-state index contributed by atoms with van der Waals surface area (Å²) >= 11 is 0. The first kappa shape index (κ1) is 15.5. The van der Waals surface area contributed by atoms with Crippen LogP contribution in [0.2, 0.25) is 0 Å². The first-order valence-corrected chi connectivity index (χ1v) is 6.77. The van der Waals surface area contributed by atoms with Gasteiger partial charge in [-0.3, -0.25) is 4.79 Å². The molecule has 0 atom stereocenters. The Morgan fingerprint density at radius 1 is 1.32 bits per heavy atom. The Morgan fingerprint density at radius 3 is 2.53 bits per heavy atom. The van der Waals surface area contributed by atoms with E-state index < -0.39 is 0 Å².